The fourth-order valence-electron chi connectivity index (χ4n) is 2.42. The number of hydrogen-bond acceptors (Lipinski definition) is 5. The van der Waals surface area contributed by atoms with Crippen LogP contribution in [0.15, 0.2) is 36.8 Å². The van der Waals surface area contributed by atoms with Gasteiger partial charge in [-0.15, -0.1) is 0 Å². The molecule has 0 aliphatic carbocycles. The first kappa shape index (κ1) is 15.0. The standard InChI is InChI=1S/C17H17N3O3/c1-4-23-17(21)14-9-18-15-6-5-12(22-3)7-13(15)16(14)20-10-11(2)8-19-20/h5-10H,4H2,1-3H3. The Hall–Kier alpha value is -2.89. The average Bonchev–Trinajstić information content (AvgIpc) is 2.99. The minimum Gasteiger partial charge on any atom is -0.497 e. The summed E-state index contributed by atoms with van der Waals surface area (Å²) in [6.45, 7) is 4.01. The Bertz CT molecular complexity index is 871. The van der Waals surface area contributed by atoms with E-state index in [1.54, 1.807) is 24.9 Å². The summed E-state index contributed by atoms with van der Waals surface area (Å²) < 4.78 is 12.1. The van der Waals surface area contributed by atoms with Gasteiger partial charge in [0.2, 0.25) is 0 Å². The Morgan fingerprint density at radius 2 is 2.13 bits per heavy atom. The van der Waals surface area contributed by atoms with Crippen LogP contribution in [-0.2, 0) is 4.74 Å². The number of aryl methyl sites for hydroxylation is 1. The van der Waals surface area contributed by atoms with Gasteiger partial charge in [0.15, 0.2) is 0 Å². The van der Waals surface area contributed by atoms with Crippen molar-refractivity contribution in [3.63, 3.8) is 0 Å². The van der Waals surface area contributed by atoms with Gasteiger partial charge in [0, 0.05) is 17.8 Å². The van der Waals surface area contributed by atoms with Crippen LogP contribution in [0.3, 0.4) is 0 Å². The van der Waals surface area contributed by atoms with Crippen LogP contribution >= 0.6 is 0 Å². The molecule has 0 bridgehead atoms. The molecule has 2 aromatic heterocycles. The molecule has 0 aliphatic rings. The van der Waals surface area contributed by atoms with E-state index in [1.165, 1.54) is 6.20 Å². The smallest absolute Gasteiger partial charge is 0.341 e. The molecule has 0 N–H and O–H groups in total. The van der Waals surface area contributed by atoms with Crippen molar-refractivity contribution in [2.45, 2.75) is 13.8 Å². The average molecular weight is 311 g/mol. The fourth-order valence-corrected chi connectivity index (χ4v) is 2.42. The second-order valence-corrected chi connectivity index (χ2v) is 5.09. The van der Waals surface area contributed by atoms with Crippen molar-refractivity contribution in [3.05, 3.63) is 47.9 Å². The summed E-state index contributed by atoms with van der Waals surface area (Å²) in [6, 6.07) is 5.53. The lowest BCUT2D eigenvalue weighted by Gasteiger charge is -2.12. The van der Waals surface area contributed by atoms with E-state index in [0.29, 0.717) is 23.6 Å². The summed E-state index contributed by atoms with van der Waals surface area (Å²) in [5.41, 5.74) is 2.76. The van der Waals surface area contributed by atoms with E-state index in [1.807, 2.05) is 31.3 Å². The maximum Gasteiger partial charge on any atom is 0.341 e. The van der Waals surface area contributed by atoms with Gasteiger partial charge >= 0.3 is 5.97 Å². The van der Waals surface area contributed by atoms with Gasteiger partial charge in [-0.25, -0.2) is 9.48 Å². The van der Waals surface area contributed by atoms with E-state index in [0.717, 1.165) is 16.5 Å². The van der Waals surface area contributed by atoms with E-state index >= 15 is 0 Å². The summed E-state index contributed by atoms with van der Waals surface area (Å²) in [7, 11) is 1.60. The molecule has 0 unspecified atom stereocenters. The number of nitrogens with zero attached hydrogens (tertiary/aromatic N) is 3. The molecule has 0 aliphatic heterocycles. The number of aromatic nitrogens is 3. The number of carbonyl (C=O) groups excluding carboxylic acids is 1. The molecule has 0 atom stereocenters. The Morgan fingerprint density at radius 1 is 1.30 bits per heavy atom. The highest BCUT2D eigenvalue weighted by atomic mass is 16.5. The summed E-state index contributed by atoms with van der Waals surface area (Å²) in [4.78, 5) is 16.7. The van der Waals surface area contributed by atoms with Crippen LogP contribution in [0.5, 0.6) is 5.75 Å². The molecule has 0 amide bonds. The predicted molar refractivity (Wildman–Crippen MR) is 86.1 cm³/mol. The lowest BCUT2D eigenvalue weighted by Crippen LogP contribution is -2.11. The number of rotatable bonds is 4. The molecule has 6 nitrogen and oxygen atoms in total. The summed E-state index contributed by atoms with van der Waals surface area (Å²) in [5, 5.41) is 5.11. The molecule has 0 spiro atoms. The Kier molecular flexibility index (Phi) is 3.97. The van der Waals surface area contributed by atoms with Gasteiger partial charge in [0.05, 0.1) is 31.1 Å². The minimum atomic E-state index is -0.423. The molecule has 2 heterocycles. The zero-order valence-corrected chi connectivity index (χ0v) is 13.2. The monoisotopic (exact) mass is 311 g/mol. The first-order valence-corrected chi connectivity index (χ1v) is 7.29. The number of benzene rings is 1. The highest BCUT2D eigenvalue weighted by molar-refractivity contribution is 6.01. The number of esters is 1. The normalized spacial score (nSPS) is 10.7. The van der Waals surface area contributed by atoms with Crippen LogP contribution in [0, 0.1) is 6.92 Å². The summed E-state index contributed by atoms with van der Waals surface area (Å²) in [5.74, 6) is 0.262. The molecule has 3 rings (SSSR count). The molecule has 0 fully saturated rings. The molecule has 0 radical (unpaired) electrons. The van der Waals surface area contributed by atoms with Crippen molar-refractivity contribution in [2.24, 2.45) is 0 Å². The van der Waals surface area contributed by atoms with Crippen molar-refractivity contribution in [2.75, 3.05) is 13.7 Å². The molecule has 23 heavy (non-hydrogen) atoms. The Morgan fingerprint density at radius 3 is 2.78 bits per heavy atom. The zero-order chi connectivity index (χ0) is 16.4. The molecule has 0 saturated heterocycles. The van der Waals surface area contributed by atoms with E-state index < -0.39 is 5.97 Å². The van der Waals surface area contributed by atoms with Gasteiger partial charge < -0.3 is 9.47 Å². The van der Waals surface area contributed by atoms with Gasteiger partial charge in [0.25, 0.3) is 0 Å². The molecule has 3 aromatic rings. The topological polar surface area (TPSA) is 66.2 Å². The number of carbonyl (C=O) groups is 1. The number of ether oxygens (including phenoxy) is 2. The van der Waals surface area contributed by atoms with Crippen LogP contribution < -0.4 is 4.74 Å². The zero-order valence-electron chi connectivity index (χ0n) is 13.2. The van der Waals surface area contributed by atoms with Crippen LogP contribution in [0.1, 0.15) is 22.8 Å². The van der Waals surface area contributed by atoms with Crippen molar-refractivity contribution >= 4 is 16.9 Å². The quantitative estimate of drug-likeness (QED) is 0.693. The molecule has 6 heteroatoms. The fraction of sp³-hybridized carbons (Fsp3) is 0.235. The molecule has 118 valence electrons. The minimum absolute atomic E-state index is 0.298. The van der Waals surface area contributed by atoms with E-state index in [4.69, 9.17) is 9.47 Å². The largest absolute Gasteiger partial charge is 0.497 e. The van der Waals surface area contributed by atoms with Crippen molar-refractivity contribution in [1.29, 1.82) is 0 Å². The second kappa shape index (κ2) is 6.08. The third-order valence-corrected chi connectivity index (χ3v) is 3.48. The number of methoxy groups -OCH3 is 1. The molecular weight excluding hydrogens is 294 g/mol. The van der Waals surface area contributed by atoms with E-state index in [9.17, 15) is 4.79 Å². The third-order valence-electron chi connectivity index (χ3n) is 3.48. The SMILES string of the molecule is CCOC(=O)c1cnc2ccc(OC)cc2c1-n1cc(C)cn1. The summed E-state index contributed by atoms with van der Waals surface area (Å²) >= 11 is 0. The lowest BCUT2D eigenvalue weighted by atomic mass is 10.1. The predicted octanol–water partition coefficient (Wildman–Crippen LogP) is 2.91. The van der Waals surface area contributed by atoms with Gasteiger partial charge in [-0.2, -0.15) is 5.10 Å². The Balaban J connectivity index is 2.32. The number of hydrogen-bond donors (Lipinski definition) is 0. The number of pyridine rings is 1. The number of fused-ring (bicyclic) bond motifs is 1. The van der Waals surface area contributed by atoms with E-state index in [-0.39, 0.29) is 0 Å². The molecule has 0 saturated carbocycles. The Labute approximate surface area is 133 Å². The molecule has 1 aromatic carbocycles. The second-order valence-electron chi connectivity index (χ2n) is 5.09. The first-order valence-electron chi connectivity index (χ1n) is 7.29. The van der Waals surface area contributed by atoms with Crippen LogP contribution in [0.25, 0.3) is 16.6 Å². The maximum atomic E-state index is 12.3. The van der Waals surface area contributed by atoms with Crippen molar-refractivity contribution in [1.82, 2.24) is 14.8 Å². The van der Waals surface area contributed by atoms with Crippen LogP contribution in [0.2, 0.25) is 0 Å². The van der Waals surface area contributed by atoms with E-state index in [2.05, 4.69) is 10.1 Å². The van der Waals surface area contributed by atoms with Crippen molar-refractivity contribution in [3.8, 4) is 11.4 Å². The summed E-state index contributed by atoms with van der Waals surface area (Å²) in [6.07, 6.45) is 5.12. The lowest BCUT2D eigenvalue weighted by molar-refractivity contribution is 0.0526. The third kappa shape index (κ3) is 2.75. The maximum absolute atomic E-state index is 12.3. The molecular formula is C17H17N3O3. The highest BCUT2D eigenvalue weighted by Gasteiger charge is 2.19. The van der Waals surface area contributed by atoms with Gasteiger partial charge in [0.1, 0.15) is 11.3 Å². The van der Waals surface area contributed by atoms with Gasteiger partial charge in [-0.1, -0.05) is 0 Å². The van der Waals surface area contributed by atoms with Crippen LogP contribution in [0.4, 0.5) is 0 Å². The van der Waals surface area contributed by atoms with Crippen LogP contribution in [-0.4, -0.2) is 34.5 Å². The van der Waals surface area contributed by atoms with Crippen molar-refractivity contribution < 1.29 is 14.3 Å². The highest BCUT2D eigenvalue weighted by Crippen LogP contribution is 2.28. The first-order chi connectivity index (χ1) is 11.1. The van der Waals surface area contributed by atoms with Gasteiger partial charge in [-0.3, -0.25) is 4.98 Å². The van der Waals surface area contributed by atoms with Gasteiger partial charge in [-0.05, 0) is 37.6 Å².